The Balaban J connectivity index is 2.62. The topological polar surface area (TPSA) is 0 Å². The van der Waals surface area contributed by atoms with E-state index in [9.17, 15) is 0 Å². The van der Waals surface area contributed by atoms with Crippen molar-refractivity contribution in [1.29, 1.82) is 0 Å². The van der Waals surface area contributed by atoms with Crippen molar-refractivity contribution < 1.29 is 0 Å². The van der Waals surface area contributed by atoms with Crippen LogP contribution in [-0.2, 0) is 6.42 Å². The Morgan fingerprint density at radius 1 is 1.13 bits per heavy atom. The molecule has 0 aliphatic heterocycles. The van der Waals surface area contributed by atoms with Gasteiger partial charge in [-0.1, -0.05) is 44.5 Å². The standard InChI is InChI=1S/C14H21Cl/c1-4-5-13-6-8-14(9-7-13)11(2)10-12(3)15/h6-9,11-12H,4-5,10H2,1-3H3. The first-order chi connectivity index (χ1) is 7.13. The second-order valence-corrected chi connectivity index (χ2v) is 5.15. The zero-order valence-electron chi connectivity index (χ0n) is 9.96. The van der Waals surface area contributed by atoms with Gasteiger partial charge in [-0.2, -0.15) is 0 Å². The summed E-state index contributed by atoms with van der Waals surface area (Å²) in [5, 5.41) is 0.260. The van der Waals surface area contributed by atoms with Gasteiger partial charge in [-0.25, -0.2) is 0 Å². The van der Waals surface area contributed by atoms with Crippen LogP contribution in [-0.4, -0.2) is 5.38 Å². The zero-order chi connectivity index (χ0) is 11.3. The van der Waals surface area contributed by atoms with Gasteiger partial charge < -0.3 is 0 Å². The van der Waals surface area contributed by atoms with E-state index in [1.54, 1.807) is 0 Å². The summed E-state index contributed by atoms with van der Waals surface area (Å²) in [6.07, 6.45) is 3.45. The Labute approximate surface area is 98.7 Å². The van der Waals surface area contributed by atoms with E-state index in [2.05, 4.69) is 45.0 Å². The van der Waals surface area contributed by atoms with Crippen LogP contribution in [0.25, 0.3) is 0 Å². The Hall–Kier alpha value is -0.490. The fourth-order valence-electron chi connectivity index (χ4n) is 1.92. The maximum Gasteiger partial charge on any atom is 0.0313 e. The minimum atomic E-state index is 0.260. The van der Waals surface area contributed by atoms with Gasteiger partial charge in [0.1, 0.15) is 0 Å². The molecule has 1 aromatic carbocycles. The number of halogens is 1. The molecule has 1 rings (SSSR count). The van der Waals surface area contributed by atoms with Crippen molar-refractivity contribution in [2.45, 2.75) is 51.3 Å². The van der Waals surface area contributed by atoms with Crippen LogP contribution in [0.1, 0.15) is 50.7 Å². The van der Waals surface area contributed by atoms with E-state index < -0.39 is 0 Å². The molecule has 0 bridgehead atoms. The van der Waals surface area contributed by atoms with Crippen LogP contribution in [0.5, 0.6) is 0 Å². The Morgan fingerprint density at radius 3 is 2.20 bits per heavy atom. The molecule has 0 spiro atoms. The molecule has 0 aliphatic carbocycles. The molecule has 0 saturated heterocycles. The minimum absolute atomic E-state index is 0.260. The normalized spacial score (nSPS) is 14.9. The SMILES string of the molecule is CCCc1ccc(C(C)CC(C)Cl)cc1. The van der Waals surface area contributed by atoms with E-state index in [1.807, 2.05) is 0 Å². The van der Waals surface area contributed by atoms with Crippen LogP contribution in [0.4, 0.5) is 0 Å². The monoisotopic (exact) mass is 224 g/mol. The number of rotatable bonds is 5. The van der Waals surface area contributed by atoms with E-state index in [-0.39, 0.29) is 5.38 Å². The minimum Gasteiger partial charge on any atom is -0.123 e. The molecule has 0 saturated carbocycles. The Kier molecular flexibility index (Phi) is 5.17. The van der Waals surface area contributed by atoms with Crippen molar-refractivity contribution >= 4 is 11.6 Å². The molecule has 15 heavy (non-hydrogen) atoms. The molecular weight excluding hydrogens is 204 g/mol. The molecule has 0 aromatic heterocycles. The summed E-state index contributed by atoms with van der Waals surface area (Å²) in [5.74, 6) is 0.563. The van der Waals surface area contributed by atoms with Gasteiger partial charge in [-0.05, 0) is 36.8 Å². The highest BCUT2D eigenvalue weighted by atomic mass is 35.5. The molecule has 1 heteroatoms. The predicted octanol–water partition coefficient (Wildman–Crippen LogP) is 4.76. The third kappa shape index (κ3) is 4.25. The molecule has 0 aliphatic rings. The quantitative estimate of drug-likeness (QED) is 0.633. The van der Waals surface area contributed by atoms with E-state index >= 15 is 0 Å². The fraction of sp³-hybridized carbons (Fsp3) is 0.571. The van der Waals surface area contributed by atoms with Gasteiger partial charge in [0.25, 0.3) is 0 Å². The van der Waals surface area contributed by atoms with Gasteiger partial charge in [0, 0.05) is 5.38 Å². The number of hydrogen-bond acceptors (Lipinski definition) is 0. The molecule has 2 atom stereocenters. The first kappa shape index (κ1) is 12.6. The lowest BCUT2D eigenvalue weighted by Gasteiger charge is -2.13. The van der Waals surface area contributed by atoms with Gasteiger partial charge in [0.05, 0.1) is 0 Å². The summed E-state index contributed by atoms with van der Waals surface area (Å²) in [5.41, 5.74) is 2.84. The van der Waals surface area contributed by atoms with Crippen LogP contribution in [0.15, 0.2) is 24.3 Å². The van der Waals surface area contributed by atoms with Crippen molar-refractivity contribution in [2.75, 3.05) is 0 Å². The Bertz CT molecular complexity index is 274. The second kappa shape index (κ2) is 6.17. The van der Waals surface area contributed by atoms with Crippen molar-refractivity contribution in [3.8, 4) is 0 Å². The van der Waals surface area contributed by atoms with Crippen LogP contribution in [0.3, 0.4) is 0 Å². The van der Waals surface area contributed by atoms with Crippen molar-refractivity contribution in [3.63, 3.8) is 0 Å². The molecule has 0 heterocycles. The van der Waals surface area contributed by atoms with E-state index in [4.69, 9.17) is 11.6 Å². The summed E-state index contributed by atoms with van der Waals surface area (Å²) < 4.78 is 0. The lowest BCUT2D eigenvalue weighted by Crippen LogP contribution is -2.00. The number of benzene rings is 1. The third-order valence-electron chi connectivity index (χ3n) is 2.77. The van der Waals surface area contributed by atoms with Crippen molar-refractivity contribution in [2.24, 2.45) is 0 Å². The molecule has 0 N–H and O–H groups in total. The van der Waals surface area contributed by atoms with E-state index in [1.165, 1.54) is 24.0 Å². The Morgan fingerprint density at radius 2 is 1.73 bits per heavy atom. The zero-order valence-corrected chi connectivity index (χ0v) is 10.7. The average molecular weight is 225 g/mol. The highest BCUT2D eigenvalue weighted by molar-refractivity contribution is 6.20. The van der Waals surface area contributed by atoms with Gasteiger partial charge in [0.2, 0.25) is 0 Å². The lowest BCUT2D eigenvalue weighted by atomic mass is 9.95. The fourth-order valence-corrected chi connectivity index (χ4v) is 2.19. The van der Waals surface area contributed by atoms with E-state index in [0.29, 0.717) is 5.92 Å². The molecular formula is C14H21Cl. The second-order valence-electron chi connectivity index (χ2n) is 4.41. The molecule has 0 fully saturated rings. The molecule has 0 amide bonds. The van der Waals surface area contributed by atoms with Crippen LogP contribution in [0.2, 0.25) is 0 Å². The van der Waals surface area contributed by atoms with Crippen molar-refractivity contribution in [1.82, 2.24) is 0 Å². The van der Waals surface area contributed by atoms with Gasteiger partial charge >= 0.3 is 0 Å². The summed E-state index contributed by atoms with van der Waals surface area (Å²) >= 11 is 6.00. The van der Waals surface area contributed by atoms with Crippen LogP contribution >= 0.6 is 11.6 Å². The van der Waals surface area contributed by atoms with E-state index in [0.717, 1.165) is 6.42 Å². The van der Waals surface area contributed by atoms with Crippen LogP contribution < -0.4 is 0 Å². The summed E-state index contributed by atoms with van der Waals surface area (Å²) in [4.78, 5) is 0. The summed E-state index contributed by atoms with van der Waals surface area (Å²) in [6.45, 7) is 6.52. The smallest absolute Gasteiger partial charge is 0.0313 e. The largest absolute Gasteiger partial charge is 0.123 e. The van der Waals surface area contributed by atoms with Gasteiger partial charge in [0.15, 0.2) is 0 Å². The number of hydrogen-bond donors (Lipinski definition) is 0. The van der Waals surface area contributed by atoms with Crippen molar-refractivity contribution in [3.05, 3.63) is 35.4 Å². The highest BCUT2D eigenvalue weighted by Gasteiger charge is 2.08. The lowest BCUT2D eigenvalue weighted by molar-refractivity contribution is 0.670. The molecule has 0 nitrogen and oxygen atoms in total. The summed E-state index contributed by atoms with van der Waals surface area (Å²) in [7, 11) is 0. The maximum atomic E-state index is 6.00. The summed E-state index contributed by atoms with van der Waals surface area (Å²) in [6, 6.07) is 8.98. The maximum absolute atomic E-state index is 6.00. The van der Waals surface area contributed by atoms with Crippen LogP contribution in [0, 0.1) is 0 Å². The van der Waals surface area contributed by atoms with Gasteiger partial charge in [-0.3, -0.25) is 0 Å². The molecule has 0 radical (unpaired) electrons. The number of aryl methyl sites for hydroxylation is 1. The predicted molar refractivity (Wildman–Crippen MR) is 68.8 cm³/mol. The number of alkyl halides is 1. The average Bonchev–Trinajstić information content (AvgIpc) is 2.18. The highest BCUT2D eigenvalue weighted by Crippen LogP contribution is 2.23. The first-order valence-electron chi connectivity index (χ1n) is 5.86. The third-order valence-corrected chi connectivity index (χ3v) is 2.94. The molecule has 2 unspecified atom stereocenters. The molecule has 84 valence electrons. The molecule has 1 aromatic rings. The first-order valence-corrected chi connectivity index (χ1v) is 6.30. The van der Waals surface area contributed by atoms with Gasteiger partial charge in [-0.15, -0.1) is 11.6 Å².